The highest BCUT2D eigenvalue weighted by Gasteiger charge is 2.59. The lowest BCUT2D eigenvalue weighted by Gasteiger charge is -2.51. The van der Waals surface area contributed by atoms with Crippen LogP contribution in [0.25, 0.3) is 0 Å². The summed E-state index contributed by atoms with van der Waals surface area (Å²) < 4.78 is 5.37. The van der Waals surface area contributed by atoms with E-state index in [4.69, 9.17) is 39.4 Å². The highest BCUT2D eigenvalue weighted by molar-refractivity contribution is 6.45. The van der Waals surface area contributed by atoms with Crippen LogP contribution < -0.4 is 16.8 Å². The van der Waals surface area contributed by atoms with Gasteiger partial charge in [-0.25, -0.2) is 4.79 Å². The fourth-order valence-corrected chi connectivity index (χ4v) is 3.98. The van der Waals surface area contributed by atoms with E-state index in [2.05, 4.69) is 5.32 Å². The molecule has 0 bridgehead atoms. The molecule has 2 rings (SSSR count). The van der Waals surface area contributed by atoms with Gasteiger partial charge in [0.15, 0.2) is 11.4 Å². The second-order valence-corrected chi connectivity index (χ2v) is 8.68. The maximum atomic E-state index is 12.5. The first-order chi connectivity index (χ1) is 13.3. The van der Waals surface area contributed by atoms with Gasteiger partial charge in [0.05, 0.1) is 35.9 Å². The monoisotopic (exact) mass is 453 g/mol. The standard InChI is InChI=1S/C17H25Cl2N3O7/c1-5(20)7(23)3-6(14(21)27)22-13-11-10(8(24)4-9(25)12(11)26)15(28)29-17(13,2)16(18)19/h5-6,9,11-13,16,22,24-26H,3-4,20H2,1-2H3,(H2,21,27)/t5-,6-,9-,11+,12+,13-,17-/m0/s1. The van der Waals surface area contributed by atoms with Crippen molar-refractivity contribution in [2.75, 3.05) is 0 Å². The smallest absolute Gasteiger partial charge is 0.338 e. The van der Waals surface area contributed by atoms with Crippen LogP contribution in [0.5, 0.6) is 0 Å². The molecule has 0 aromatic rings. The van der Waals surface area contributed by atoms with Gasteiger partial charge in [0.1, 0.15) is 10.6 Å². The van der Waals surface area contributed by atoms with Gasteiger partial charge in [0.2, 0.25) is 5.91 Å². The van der Waals surface area contributed by atoms with Crippen LogP contribution in [0.15, 0.2) is 11.3 Å². The summed E-state index contributed by atoms with van der Waals surface area (Å²) in [6.45, 7) is 2.81. The molecule has 7 atom stereocenters. The fourth-order valence-electron chi connectivity index (χ4n) is 3.62. The van der Waals surface area contributed by atoms with Gasteiger partial charge in [-0.05, 0) is 13.8 Å². The Labute approximate surface area is 177 Å². The van der Waals surface area contributed by atoms with Gasteiger partial charge in [-0.1, -0.05) is 0 Å². The number of cyclic esters (lactones) is 1. The summed E-state index contributed by atoms with van der Waals surface area (Å²) in [5.41, 5.74) is 8.99. The van der Waals surface area contributed by atoms with Crippen molar-refractivity contribution in [3.05, 3.63) is 11.3 Å². The summed E-state index contributed by atoms with van der Waals surface area (Å²) in [4.78, 5) is 35.2. The van der Waals surface area contributed by atoms with Gasteiger partial charge >= 0.3 is 5.97 Å². The zero-order valence-electron chi connectivity index (χ0n) is 15.8. The molecule has 1 aliphatic heterocycles. The summed E-state index contributed by atoms with van der Waals surface area (Å²) in [5.74, 6) is -4.04. The van der Waals surface area contributed by atoms with Gasteiger partial charge in [0, 0.05) is 18.8 Å². The number of aliphatic hydroxyl groups is 3. The molecule has 164 valence electrons. The molecule has 1 fully saturated rings. The lowest BCUT2D eigenvalue weighted by molar-refractivity contribution is -0.173. The molecule has 8 N–H and O–H groups in total. The second-order valence-electron chi connectivity index (χ2n) is 7.58. The van der Waals surface area contributed by atoms with Gasteiger partial charge in [-0.3, -0.25) is 14.9 Å². The van der Waals surface area contributed by atoms with Crippen LogP contribution in [0.3, 0.4) is 0 Å². The number of amides is 1. The third-order valence-electron chi connectivity index (χ3n) is 5.39. The number of hydrogen-bond donors (Lipinski definition) is 6. The third kappa shape index (κ3) is 4.52. The number of carbonyl (C=O) groups is 3. The molecule has 0 aromatic heterocycles. The van der Waals surface area contributed by atoms with Crippen molar-refractivity contribution in [2.45, 2.75) is 67.5 Å². The summed E-state index contributed by atoms with van der Waals surface area (Å²) in [6.07, 6.45) is -3.65. The third-order valence-corrected chi connectivity index (χ3v) is 6.26. The molecular formula is C17H25Cl2N3O7. The SMILES string of the molecule is C[C@H](N)C(=O)C[C@H](N[C@H]1[C@@H]2C(=C(O)C[C@H](O)[C@H]2O)C(=O)O[C@]1(C)C(Cl)Cl)C(N)=O. The largest absolute Gasteiger partial charge is 0.512 e. The Morgan fingerprint density at radius 3 is 2.45 bits per heavy atom. The summed E-state index contributed by atoms with van der Waals surface area (Å²) >= 11 is 12.1. The molecule has 0 saturated carbocycles. The number of Topliss-reactive ketones (excluding diaryl/α,β-unsaturated/α-hetero) is 1. The van der Waals surface area contributed by atoms with Crippen LogP contribution in [0.4, 0.5) is 0 Å². The van der Waals surface area contributed by atoms with Gasteiger partial charge < -0.3 is 31.5 Å². The van der Waals surface area contributed by atoms with Gasteiger partial charge in [0.25, 0.3) is 0 Å². The van der Waals surface area contributed by atoms with Crippen molar-refractivity contribution in [2.24, 2.45) is 17.4 Å². The van der Waals surface area contributed by atoms with Crippen molar-refractivity contribution >= 4 is 40.9 Å². The number of alkyl halides is 2. The molecule has 1 amide bonds. The van der Waals surface area contributed by atoms with E-state index in [1.165, 1.54) is 13.8 Å². The quantitative estimate of drug-likeness (QED) is 0.203. The average molecular weight is 454 g/mol. The van der Waals surface area contributed by atoms with Crippen molar-refractivity contribution in [1.29, 1.82) is 0 Å². The highest BCUT2D eigenvalue weighted by Crippen LogP contribution is 2.45. The molecule has 29 heavy (non-hydrogen) atoms. The first kappa shape index (κ1) is 23.8. The average Bonchev–Trinajstić information content (AvgIpc) is 2.60. The summed E-state index contributed by atoms with van der Waals surface area (Å²) in [5, 5.41) is 33.7. The molecule has 0 aromatic carbocycles. The minimum atomic E-state index is -1.70. The van der Waals surface area contributed by atoms with E-state index >= 15 is 0 Å². The van der Waals surface area contributed by atoms with E-state index in [0.29, 0.717) is 0 Å². The van der Waals surface area contributed by atoms with Gasteiger partial charge in [-0.15, -0.1) is 23.2 Å². The molecule has 0 unspecified atom stereocenters. The van der Waals surface area contributed by atoms with Gasteiger partial charge in [-0.2, -0.15) is 0 Å². The van der Waals surface area contributed by atoms with Crippen LogP contribution in [-0.2, 0) is 19.1 Å². The number of rotatable bonds is 7. The van der Waals surface area contributed by atoms with Crippen molar-refractivity contribution in [3.8, 4) is 0 Å². The maximum Gasteiger partial charge on any atom is 0.338 e. The molecule has 1 aliphatic carbocycles. The van der Waals surface area contributed by atoms with E-state index in [0.717, 1.165) is 0 Å². The first-order valence-electron chi connectivity index (χ1n) is 8.94. The predicted octanol–water partition coefficient (Wildman–Crippen LogP) is -1.22. The number of ketones is 1. The number of nitrogens with two attached hydrogens (primary N) is 2. The zero-order valence-corrected chi connectivity index (χ0v) is 17.4. The zero-order chi connectivity index (χ0) is 22.3. The number of nitrogens with one attached hydrogen (secondary N) is 1. The summed E-state index contributed by atoms with van der Waals surface area (Å²) in [6, 6.07) is -3.30. The topological polar surface area (TPSA) is 185 Å². The van der Waals surface area contributed by atoms with Crippen LogP contribution in [0.1, 0.15) is 26.7 Å². The molecule has 1 saturated heterocycles. The molecule has 1 heterocycles. The van der Waals surface area contributed by atoms with Crippen molar-refractivity contribution in [1.82, 2.24) is 5.32 Å². The number of hydrogen-bond acceptors (Lipinski definition) is 9. The van der Waals surface area contributed by atoms with E-state index in [-0.39, 0.29) is 18.4 Å². The highest BCUT2D eigenvalue weighted by atomic mass is 35.5. The number of halogens is 2. The minimum absolute atomic E-state index is 0.270. The minimum Gasteiger partial charge on any atom is -0.512 e. The van der Waals surface area contributed by atoms with E-state index in [1.807, 2.05) is 0 Å². The molecule has 0 spiro atoms. The normalized spacial score (nSPS) is 34.4. The van der Waals surface area contributed by atoms with Crippen LogP contribution in [0.2, 0.25) is 0 Å². The summed E-state index contributed by atoms with van der Waals surface area (Å²) in [7, 11) is 0. The lowest BCUT2D eigenvalue weighted by atomic mass is 9.70. The number of esters is 1. The van der Waals surface area contributed by atoms with Crippen molar-refractivity contribution < 1.29 is 34.4 Å². The number of aliphatic hydroxyl groups excluding tert-OH is 3. The molecule has 10 nitrogen and oxygen atoms in total. The fraction of sp³-hybridized carbons (Fsp3) is 0.706. The molecular weight excluding hydrogens is 429 g/mol. The molecule has 12 heteroatoms. The number of primary amides is 1. The Hall–Kier alpha value is -1.43. The Kier molecular flexibility index (Phi) is 7.19. The first-order valence-corrected chi connectivity index (χ1v) is 9.81. The van der Waals surface area contributed by atoms with E-state index < -0.39 is 70.1 Å². The Balaban J connectivity index is 2.52. The second kappa shape index (κ2) is 8.75. The van der Waals surface area contributed by atoms with Crippen LogP contribution >= 0.6 is 23.2 Å². The number of carbonyl (C=O) groups excluding carboxylic acids is 3. The lowest BCUT2D eigenvalue weighted by Crippen LogP contribution is -2.69. The van der Waals surface area contributed by atoms with Crippen LogP contribution in [-0.4, -0.2) is 73.8 Å². The molecule has 0 radical (unpaired) electrons. The Morgan fingerprint density at radius 1 is 1.38 bits per heavy atom. The number of fused-ring (bicyclic) bond motifs is 1. The van der Waals surface area contributed by atoms with E-state index in [1.54, 1.807) is 0 Å². The Morgan fingerprint density at radius 2 is 1.97 bits per heavy atom. The van der Waals surface area contributed by atoms with Crippen molar-refractivity contribution in [3.63, 3.8) is 0 Å². The molecule has 2 aliphatic rings. The van der Waals surface area contributed by atoms with E-state index in [9.17, 15) is 29.7 Å². The van der Waals surface area contributed by atoms with Crippen LogP contribution in [0, 0.1) is 5.92 Å². The predicted molar refractivity (Wildman–Crippen MR) is 103 cm³/mol. The number of ether oxygens (including phenoxy) is 1. The Bertz CT molecular complexity index is 730. The maximum absolute atomic E-state index is 12.5.